The summed E-state index contributed by atoms with van der Waals surface area (Å²) in [5, 5.41) is 12.8. The SMILES string of the molecule is OC(CNC1COC1)c1ccc(F)c(F)c1. The Hall–Kier alpha value is -1.04. The Morgan fingerprint density at radius 3 is 2.69 bits per heavy atom. The summed E-state index contributed by atoms with van der Waals surface area (Å²) in [6, 6.07) is 3.65. The molecule has 1 saturated heterocycles. The molecule has 0 radical (unpaired) electrons. The second kappa shape index (κ2) is 4.86. The highest BCUT2D eigenvalue weighted by atomic mass is 19.2. The van der Waals surface area contributed by atoms with Crippen molar-refractivity contribution < 1.29 is 18.6 Å². The van der Waals surface area contributed by atoms with E-state index in [2.05, 4.69) is 5.32 Å². The Morgan fingerprint density at radius 2 is 2.12 bits per heavy atom. The van der Waals surface area contributed by atoms with Crippen LogP contribution in [0.2, 0.25) is 0 Å². The van der Waals surface area contributed by atoms with Gasteiger partial charge in [0.2, 0.25) is 0 Å². The molecule has 0 aliphatic carbocycles. The fraction of sp³-hybridized carbons (Fsp3) is 0.455. The summed E-state index contributed by atoms with van der Waals surface area (Å²) in [4.78, 5) is 0. The second-order valence-corrected chi connectivity index (χ2v) is 3.83. The first-order valence-electron chi connectivity index (χ1n) is 5.11. The van der Waals surface area contributed by atoms with E-state index in [1.165, 1.54) is 6.07 Å². The van der Waals surface area contributed by atoms with E-state index in [4.69, 9.17) is 4.74 Å². The van der Waals surface area contributed by atoms with E-state index in [1.54, 1.807) is 0 Å². The quantitative estimate of drug-likeness (QED) is 0.809. The second-order valence-electron chi connectivity index (χ2n) is 3.83. The minimum Gasteiger partial charge on any atom is -0.387 e. The molecule has 1 aromatic rings. The molecular weight excluding hydrogens is 216 g/mol. The topological polar surface area (TPSA) is 41.5 Å². The van der Waals surface area contributed by atoms with Crippen molar-refractivity contribution in [1.29, 1.82) is 0 Å². The average Bonchev–Trinajstić information content (AvgIpc) is 2.19. The summed E-state index contributed by atoms with van der Waals surface area (Å²) in [6.07, 6.45) is -0.837. The molecule has 1 heterocycles. The number of benzene rings is 1. The van der Waals surface area contributed by atoms with Crippen molar-refractivity contribution in [2.45, 2.75) is 12.1 Å². The molecule has 2 rings (SSSR count). The Kier molecular flexibility index (Phi) is 3.48. The first kappa shape index (κ1) is 11.4. The standard InChI is InChI=1S/C11H13F2NO2/c12-9-2-1-7(3-10(9)13)11(15)4-14-8-5-16-6-8/h1-3,8,11,14-15H,4-6H2. The highest BCUT2D eigenvalue weighted by Crippen LogP contribution is 2.16. The number of aliphatic hydroxyl groups is 1. The van der Waals surface area contributed by atoms with Crippen molar-refractivity contribution in [1.82, 2.24) is 5.32 Å². The third-order valence-electron chi connectivity index (χ3n) is 2.57. The molecule has 1 aromatic carbocycles. The minimum absolute atomic E-state index is 0.250. The fourth-order valence-corrected chi connectivity index (χ4v) is 1.47. The lowest BCUT2D eigenvalue weighted by molar-refractivity contribution is -0.00982. The number of nitrogens with one attached hydrogen (secondary N) is 1. The summed E-state index contributed by atoms with van der Waals surface area (Å²) in [7, 11) is 0. The van der Waals surface area contributed by atoms with Crippen LogP contribution in [0.4, 0.5) is 8.78 Å². The molecule has 0 spiro atoms. The van der Waals surface area contributed by atoms with Crippen LogP contribution >= 0.6 is 0 Å². The largest absolute Gasteiger partial charge is 0.387 e. The van der Waals surface area contributed by atoms with E-state index >= 15 is 0 Å². The smallest absolute Gasteiger partial charge is 0.159 e. The van der Waals surface area contributed by atoms with Gasteiger partial charge in [0.05, 0.1) is 25.4 Å². The normalized spacial score (nSPS) is 18.2. The van der Waals surface area contributed by atoms with Crippen molar-refractivity contribution >= 4 is 0 Å². The van der Waals surface area contributed by atoms with Crippen LogP contribution < -0.4 is 5.32 Å². The van der Waals surface area contributed by atoms with E-state index in [0.717, 1.165) is 12.1 Å². The summed E-state index contributed by atoms with van der Waals surface area (Å²) in [6.45, 7) is 1.56. The molecule has 88 valence electrons. The van der Waals surface area contributed by atoms with Gasteiger partial charge in [-0.1, -0.05) is 6.07 Å². The number of rotatable bonds is 4. The number of hydrogen-bond donors (Lipinski definition) is 2. The highest BCUT2D eigenvalue weighted by Gasteiger charge is 2.19. The van der Waals surface area contributed by atoms with Gasteiger partial charge in [0.25, 0.3) is 0 Å². The lowest BCUT2D eigenvalue weighted by Gasteiger charge is -2.28. The molecule has 0 aromatic heterocycles. The monoisotopic (exact) mass is 229 g/mol. The van der Waals surface area contributed by atoms with Gasteiger partial charge in [0.1, 0.15) is 0 Å². The maximum Gasteiger partial charge on any atom is 0.159 e. The molecule has 1 atom stereocenters. The van der Waals surface area contributed by atoms with Gasteiger partial charge < -0.3 is 15.2 Å². The van der Waals surface area contributed by atoms with Gasteiger partial charge in [0, 0.05) is 6.54 Å². The van der Waals surface area contributed by atoms with Crippen molar-refractivity contribution in [3.8, 4) is 0 Å². The average molecular weight is 229 g/mol. The highest BCUT2D eigenvalue weighted by molar-refractivity contribution is 5.20. The van der Waals surface area contributed by atoms with Gasteiger partial charge in [0.15, 0.2) is 11.6 Å². The first-order valence-corrected chi connectivity index (χ1v) is 5.11. The number of aliphatic hydroxyl groups excluding tert-OH is 1. The Bertz CT molecular complexity index is 369. The van der Waals surface area contributed by atoms with Crippen LogP contribution in [0.1, 0.15) is 11.7 Å². The lowest BCUT2D eigenvalue weighted by Crippen LogP contribution is -2.47. The molecule has 2 N–H and O–H groups in total. The van der Waals surface area contributed by atoms with Gasteiger partial charge in [-0.15, -0.1) is 0 Å². The molecule has 1 aliphatic rings. The third kappa shape index (κ3) is 2.55. The van der Waals surface area contributed by atoms with Crippen LogP contribution in [0.5, 0.6) is 0 Å². The van der Waals surface area contributed by atoms with Gasteiger partial charge >= 0.3 is 0 Å². The predicted octanol–water partition coefficient (Wildman–Crippen LogP) is 0.987. The van der Waals surface area contributed by atoms with Crippen molar-refractivity contribution in [3.63, 3.8) is 0 Å². The summed E-state index contributed by atoms with van der Waals surface area (Å²) >= 11 is 0. The maximum absolute atomic E-state index is 12.9. The molecule has 0 bridgehead atoms. The zero-order valence-electron chi connectivity index (χ0n) is 8.62. The molecule has 0 saturated carbocycles. The Labute approximate surface area is 92.0 Å². The number of ether oxygens (including phenoxy) is 1. The van der Waals surface area contributed by atoms with Gasteiger partial charge in [-0.05, 0) is 17.7 Å². The first-order chi connectivity index (χ1) is 7.66. The van der Waals surface area contributed by atoms with E-state index < -0.39 is 17.7 Å². The van der Waals surface area contributed by atoms with Crippen molar-refractivity contribution in [2.75, 3.05) is 19.8 Å². The molecule has 16 heavy (non-hydrogen) atoms. The molecular formula is C11H13F2NO2. The van der Waals surface area contributed by atoms with Crippen LogP contribution in [-0.2, 0) is 4.74 Å². The van der Waals surface area contributed by atoms with Crippen molar-refractivity contribution in [3.05, 3.63) is 35.4 Å². The van der Waals surface area contributed by atoms with Gasteiger partial charge in [-0.25, -0.2) is 8.78 Å². The minimum atomic E-state index is -0.941. The van der Waals surface area contributed by atoms with Gasteiger partial charge in [-0.3, -0.25) is 0 Å². The zero-order valence-corrected chi connectivity index (χ0v) is 8.62. The molecule has 5 heteroatoms. The van der Waals surface area contributed by atoms with Crippen LogP contribution in [0.25, 0.3) is 0 Å². The van der Waals surface area contributed by atoms with Crippen molar-refractivity contribution in [2.24, 2.45) is 0 Å². The molecule has 1 aliphatic heterocycles. The van der Waals surface area contributed by atoms with E-state index in [1.807, 2.05) is 0 Å². The zero-order chi connectivity index (χ0) is 11.5. The van der Waals surface area contributed by atoms with E-state index in [-0.39, 0.29) is 6.04 Å². The summed E-state index contributed by atoms with van der Waals surface area (Å²) < 4.78 is 30.5. The third-order valence-corrected chi connectivity index (χ3v) is 2.57. The van der Waals surface area contributed by atoms with Crippen LogP contribution in [-0.4, -0.2) is 30.9 Å². The fourth-order valence-electron chi connectivity index (χ4n) is 1.47. The van der Waals surface area contributed by atoms with E-state index in [0.29, 0.717) is 25.3 Å². The van der Waals surface area contributed by atoms with Gasteiger partial charge in [-0.2, -0.15) is 0 Å². The van der Waals surface area contributed by atoms with Crippen LogP contribution in [0, 0.1) is 11.6 Å². The summed E-state index contributed by atoms with van der Waals surface area (Å²) in [5.41, 5.74) is 0.367. The molecule has 3 nitrogen and oxygen atoms in total. The van der Waals surface area contributed by atoms with Crippen LogP contribution in [0.3, 0.4) is 0 Å². The summed E-state index contributed by atoms with van der Waals surface area (Å²) in [5.74, 6) is -1.85. The Morgan fingerprint density at radius 1 is 1.38 bits per heavy atom. The lowest BCUT2D eigenvalue weighted by atomic mass is 10.1. The Balaban J connectivity index is 1.91. The van der Waals surface area contributed by atoms with E-state index in [9.17, 15) is 13.9 Å². The number of halogens is 2. The molecule has 0 amide bonds. The number of hydrogen-bond acceptors (Lipinski definition) is 3. The molecule has 1 fully saturated rings. The molecule has 1 unspecified atom stereocenters. The predicted molar refractivity (Wildman–Crippen MR) is 53.9 cm³/mol. The maximum atomic E-state index is 12.9. The van der Waals surface area contributed by atoms with Crippen LogP contribution in [0.15, 0.2) is 18.2 Å².